The van der Waals surface area contributed by atoms with Gasteiger partial charge in [0.1, 0.15) is 0 Å². The van der Waals surface area contributed by atoms with Crippen LogP contribution in [0.15, 0.2) is 36.4 Å². The van der Waals surface area contributed by atoms with Gasteiger partial charge in [-0.1, -0.05) is 25.1 Å². The van der Waals surface area contributed by atoms with Gasteiger partial charge in [0.25, 0.3) is 0 Å². The van der Waals surface area contributed by atoms with Crippen LogP contribution in [0.1, 0.15) is 36.6 Å². The van der Waals surface area contributed by atoms with E-state index in [4.69, 9.17) is 4.74 Å². The molecule has 0 spiro atoms. The van der Waals surface area contributed by atoms with E-state index in [-0.39, 0.29) is 0 Å². The maximum atomic E-state index is 5.26. The molecule has 26 heavy (non-hydrogen) atoms. The molecule has 0 aliphatic carbocycles. The first-order valence-corrected chi connectivity index (χ1v) is 9.87. The predicted octanol–water partition coefficient (Wildman–Crippen LogP) is 3.53. The molecular weight excluding hydrogens is 322 g/mol. The minimum Gasteiger partial charge on any atom is -0.481 e. The van der Waals surface area contributed by atoms with Crippen molar-refractivity contribution >= 4 is 5.69 Å². The van der Waals surface area contributed by atoms with E-state index < -0.39 is 0 Å². The zero-order valence-electron chi connectivity index (χ0n) is 15.9. The summed E-state index contributed by atoms with van der Waals surface area (Å²) in [5.74, 6) is 0.688. The van der Waals surface area contributed by atoms with Gasteiger partial charge in [-0.25, -0.2) is 4.98 Å². The van der Waals surface area contributed by atoms with Gasteiger partial charge >= 0.3 is 0 Å². The molecule has 0 radical (unpaired) electrons. The van der Waals surface area contributed by atoms with Gasteiger partial charge in [0.2, 0.25) is 5.88 Å². The van der Waals surface area contributed by atoms with Crippen LogP contribution in [0.3, 0.4) is 0 Å². The Kier molecular flexibility index (Phi) is 5.11. The average molecular weight is 351 g/mol. The third-order valence-corrected chi connectivity index (χ3v) is 5.90. The monoisotopic (exact) mass is 351 g/mol. The highest BCUT2D eigenvalue weighted by atomic mass is 16.5. The van der Waals surface area contributed by atoms with Gasteiger partial charge in [0.05, 0.1) is 7.11 Å². The third kappa shape index (κ3) is 3.56. The lowest BCUT2D eigenvalue weighted by atomic mass is 10.0. The second kappa shape index (κ2) is 7.67. The summed E-state index contributed by atoms with van der Waals surface area (Å²) in [6, 6.07) is 13.7. The minimum atomic E-state index is 0.688. The molecule has 0 unspecified atom stereocenters. The number of ether oxygens (including phenoxy) is 1. The van der Waals surface area contributed by atoms with Crippen LogP contribution >= 0.6 is 0 Å². The molecule has 0 bridgehead atoms. The second-order valence-corrected chi connectivity index (χ2v) is 7.42. The summed E-state index contributed by atoms with van der Waals surface area (Å²) in [6.07, 6.45) is 4.61. The number of hydrogen-bond donors (Lipinski definition) is 0. The van der Waals surface area contributed by atoms with Crippen LogP contribution in [0.2, 0.25) is 0 Å². The molecular formula is C22H29N3O. The van der Waals surface area contributed by atoms with Crippen molar-refractivity contribution in [3.63, 3.8) is 0 Å². The Morgan fingerprint density at radius 3 is 2.73 bits per heavy atom. The van der Waals surface area contributed by atoms with Crippen molar-refractivity contribution in [2.24, 2.45) is 0 Å². The second-order valence-electron chi connectivity index (χ2n) is 7.42. The van der Waals surface area contributed by atoms with E-state index in [9.17, 15) is 0 Å². The molecule has 0 amide bonds. The topological polar surface area (TPSA) is 28.6 Å². The lowest BCUT2D eigenvalue weighted by Gasteiger charge is -2.37. The third-order valence-electron chi connectivity index (χ3n) is 5.90. The molecule has 1 saturated heterocycles. The highest BCUT2D eigenvalue weighted by Gasteiger charge is 2.29. The molecule has 0 saturated carbocycles. The van der Waals surface area contributed by atoms with E-state index in [0.29, 0.717) is 11.9 Å². The van der Waals surface area contributed by atoms with Crippen molar-refractivity contribution in [2.45, 2.75) is 38.6 Å². The fraction of sp³-hybridized carbons (Fsp3) is 0.500. The van der Waals surface area contributed by atoms with Crippen molar-refractivity contribution in [3.05, 3.63) is 53.2 Å². The van der Waals surface area contributed by atoms with Crippen LogP contribution in [0.4, 0.5) is 5.69 Å². The van der Waals surface area contributed by atoms with Gasteiger partial charge in [-0.3, -0.25) is 0 Å². The summed E-state index contributed by atoms with van der Waals surface area (Å²) >= 11 is 0. The number of methoxy groups -OCH3 is 1. The summed E-state index contributed by atoms with van der Waals surface area (Å²) in [7, 11) is 1.67. The molecule has 138 valence electrons. The molecule has 2 aliphatic heterocycles. The van der Waals surface area contributed by atoms with Crippen molar-refractivity contribution in [2.75, 3.05) is 38.2 Å². The van der Waals surface area contributed by atoms with Gasteiger partial charge in [-0.05, 0) is 49.1 Å². The largest absolute Gasteiger partial charge is 0.481 e. The first-order valence-electron chi connectivity index (χ1n) is 9.87. The Hall–Kier alpha value is -2.07. The summed E-state index contributed by atoms with van der Waals surface area (Å²) in [6.45, 7) is 7.10. The zero-order valence-corrected chi connectivity index (χ0v) is 15.9. The Morgan fingerprint density at radius 1 is 1.12 bits per heavy atom. The van der Waals surface area contributed by atoms with Crippen LogP contribution < -0.4 is 9.64 Å². The van der Waals surface area contributed by atoms with Crippen molar-refractivity contribution < 1.29 is 4.74 Å². The molecule has 4 heteroatoms. The van der Waals surface area contributed by atoms with E-state index >= 15 is 0 Å². The molecule has 0 atom stereocenters. The van der Waals surface area contributed by atoms with Crippen LogP contribution in [0, 0.1) is 0 Å². The van der Waals surface area contributed by atoms with Gasteiger partial charge < -0.3 is 14.5 Å². The SMILES string of the molecule is CCN1CCC(N2CCc3ccc(Cc4cccc(OC)n4)cc32)CC1. The van der Waals surface area contributed by atoms with E-state index in [1.54, 1.807) is 7.11 Å². The number of likely N-dealkylation sites (tertiary alicyclic amines) is 1. The van der Waals surface area contributed by atoms with Crippen LogP contribution in [-0.2, 0) is 12.8 Å². The van der Waals surface area contributed by atoms with Crippen molar-refractivity contribution in [1.82, 2.24) is 9.88 Å². The molecule has 4 rings (SSSR count). The molecule has 2 aromatic rings. The number of aromatic nitrogens is 1. The van der Waals surface area contributed by atoms with E-state index in [1.807, 2.05) is 12.1 Å². The van der Waals surface area contributed by atoms with Crippen molar-refractivity contribution in [3.8, 4) is 5.88 Å². The molecule has 1 aromatic carbocycles. The standard InChI is InChI=1S/C22H29N3O/c1-3-24-12-10-20(11-13-24)25-14-9-18-8-7-17(16-21(18)25)15-19-5-4-6-22(23-19)26-2/h4-8,16,20H,3,9-15H2,1-2H3. The van der Waals surface area contributed by atoms with Crippen LogP contribution in [-0.4, -0.2) is 49.2 Å². The van der Waals surface area contributed by atoms with Crippen LogP contribution in [0.25, 0.3) is 0 Å². The highest BCUT2D eigenvalue weighted by molar-refractivity contribution is 5.60. The van der Waals surface area contributed by atoms with Gasteiger partial charge in [-0.15, -0.1) is 0 Å². The lowest BCUT2D eigenvalue weighted by Crippen LogP contribution is -2.44. The molecule has 2 aliphatic rings. The Labute approximate surface area is 156 Å². The quantitative estimate of drug-likeness (QED) is 0.824. The number of anilines is 1. The van der Waals surface area contributed by atoms with Gasteiger partial charge in [0, 0.05) is 49.5 Å². The Morgan fingerprint density at radius 2 is 1.96 bits per heavy atom. The maximum absolute atomic E-state index is 5.26. The number of pyridine rings is 1. The van der Waals surface area contributed by atoms with Gasteiger partial charge in [-0.2, -0.15) is 0 Å². The summed E-state index contributed by atoms with van der Waals surface area (Å²) in [5.41, 5.74) is 5.36. The van der Waals surface area contributed by atoms with Crippen LogP contribution in [0.5, 0.6) is 5.88 Å². The highest BCUT2D eigenvalue weighted by Crippen LogP contribution is 2.34. The zero-order chi connectivity index (χ0) is 17.9. The molecule has 3 heterocycles. The summed E-state index contributed by atoms with van der Waals surface area (Å²) in [4.78, 5) is 9.80. The number of benzene rings is 1. The lowest BCUT2D eigenvalue weighted by molar-refractivity contribution is 0.219. The smallest absolute Gasteiger partial charge is 0.213 e. The maximum Gasteiger partial charge on any atom is 0.213 e. The number of nitrogens with zero attached hydrogens (tertiary/aromatic N) is 3. The number of rotatable bonds is 5. The fourth-order valence-electron chi connectivity index (χ4n) is 4.36. The van der Waals surface area contributed by atoms with E-state index in [0.717, 1.165) is 12.1 Å². The molecule has 0 N–H and O–H groups in total. The Bertz CT molecular complexity index is 753. The molecule has 1 fully saturated rings. The van der Waals surface area contributed by atoms with E-state index in [1.165, 1.54) is 62.3 Å². The number of fused-ring (bicyclic) bond motifs is 1. The molecule has 4 nitrogen and oxygen atoms in total. The number of hydrogen-bond acceptors (Lipinski definition) is 4. The van der Waals surface area contributed by atoms with E-state index in [2.05, 4.69) is 46.0 Å². The normalized spacial score (nSPS) is 18.2. The minimum absolute atomic E-state index is 0.688. The first-order chi connectivity index (χ1) is 12.8. The summed E-state index contributed by atoms with van der Waals surface area (Å²) < 4.78 is 5.26. The van der Waals surface area contributed by atoms with Gasteiger partial charge in [0.15, 0.2) is 0 Å². The van der Waals surface area contributed by atoms with Crippen molar-refractivity contribution in [1.29, 1.82) is 0 Å². The summed E-state index contributed by atoms with van der Waals surface area (Å²) in [5, 5.41) is 0. The predicted molar refractivity (Wildman–Crippen MR) is 106 cm³/mol. The fourth-order valence-corrected chi connectivity index (χ4v) is 4.36. The number of piperidine rings is 1. The molecule has 1 aromatic heterocycles. The first kappa shape index (κ1) is 17.3. The average Bonchev–Trinajstić information content (AvgIpc) is 3.11. The Balaban J connectivity index is 1.50.